The number of hydrogen-bond donors (Lipinski definition) is 3. The van der Waals surface area contributed by atoms with E-state index in [1.54, 1.807) is 12.1 Å². The third kappa shape index (κ3) is 3.08. The molecule has 0 aliphatic heterocycles. The number of benzene rings is 1. The molecular formula is C8H13N3O3S. The van der Waals surface area contributed by atoms with Crippen LogP contribution in [0.4, 0.5) is 11.4 Å². The van der Waals surface area contributed by atoms with Gasteiger partial charge in [0.1, 0.15) is 0 Å². The summed E-state index contributed by atoms with van der Waals surface area (Å²) in [7, 11) is -3.88. The Morgan fingerprint density at radius 3 is 2.40 bits per heavy atom. The van der Waals surface area contributed by atoms with Gasteiger partial charge < -0.3 is 5.73 Å². The molecule has 0 aliphatic carbocycles. The Morgan fingerprint density at radius 2 is 1.93 bits per heavy atom. The van der Waals surface area contributed by atoms with E-state index < -0.39 is 10.2 Å². The highest BCUT2D eigenvalue weighted by molar-refractivity contribution is 7.90. The first-order valence-electron chi connectivity index (χ1n) is 4.30. The molecule has 6 nitrogen and oxygen atoms in total. The SMILES string of the molecule is CCN(O)S(=O)(=O)Nc1ccc(N)cc1. The zero-order valence-corrected chi connectivity index (χ0v) is 9.03. The highest BCUT2D eigenvalue weighted by atomic mass is 32.2. The number of nitrogen functional groups attached to an aromatic ring is 1. The van der Waals surface area contributed by atoms with Crippen molar-refractivity contribution in [2.75, 3.05) is 17.0 Å². The summed E-state index contributed by atoms with van der Waals surface area (Å²) in [6.45, 7) is 1.49. The lowest BCUT2D eigenvalue weighted by atomic mass is 10.3. The summed E-state index contributed by atoms with van der Waals surface area (Å²) in [5.41, 5.74) is 6.32. The lowest BCUT2D eigenvalue weighted by Crippen LogP contribution is -2.32. The first-order valence-corrected chi connectivity index (χ1v) is 5.74. The van der Waals surface area contributed by atoms with Crippen LogP contribution in [0.3, 0.4) is 0 Å². The molecule has 1 aromatic carbocycles. The summed E-state index contributed by atoms with van der Waals surface area (Å²) in [4.78, 5) is 0. The molecule has 1 aromatic rings. The number of hydroxylamine groups is 1. The molecule has 0 saturated carbocycles. The molecule has 0 fully saturated rings. The van der Waals surface area contributed by atoms with Crippen LogP contribution < -0.4 is 10.5 Å². The van der Waals surface area contributed by atoms with Crippen LogP contribution in [0, 0.1) is 0 Å². The fourth-order valence-electron chi connectivity index (χ4n) is 0.923. The first kappa shape index (κ1) is 11.8. The van der Waals surface area contributed by atoms with Gasteiger partial charge in [-0.25, -0.2) is 0 Å². The number of rotatable bonds is 4. The predicted octanol–water partition coefficient (Wildman–Crippen LogP) is 0.637. The maximum absolute atomic E-state index is 11.3. The summed E-state index contributed by atoms with van der Waals surface area (Å²) in [5, 5.41) is 9.06. The lowest BCUT2D eigenvalue weighted by Gasteiger charge is -2.14. The van der Waals surface area contributed by atoms with Crippen molar-refractivity contribution in [2.24, 2.45) is 0 Å². The number of anilines is 2. The van der Waals surface area contributed by atoms with Crippen molar-refractivity contribution in [3.63, 3.8) is 0 Å². The second-order valence-corrected chi connectivity index (χ2v) is 4.44. The molecule has 0 amide bonds. The van der Waals surface area contributed by atoms with E-state index in [4.69, 9.17) is 10.9 Å². The lowest BCUT2D eigenvalue weighted by molar-refractivity contribution is 0.00945. The standard InChI is InChI=1S/C8H13N3O3S/c1-2-11(12)15(13,14)10-8-5-3-7(9)4-6-8/h3-6,10,12H,2,9H2,1H3. The van der Waals surface area contributed by atoms with Crippen LogP contribution in [0.15, 0.2) is 24.3 Å². The fourth-order valence-corrected chi connectivity index (χ4v) is 1.80. The Kier molecular flexibility index (Phi) is 3.51. The molecule has 1 rings (SSSR count). The number of hydrogen-bond acceptors (Lipinski definition) is 4. The third-order valence-electron chi connectivity index (χ3n) is 1.71. The van der Waals surface area contributed by atoms with E-state index in [0.29, 0.717) is 11.4 Å². The average molecular weight is 231 g/mol. The zero-order valence-electron chi connectivity index (χ0n) is 8.21. The topological polar surface area (TPSA) is 95.7 Å². The molecule has 0 saturated heterocycles. The summed E-state index contributed by atoms with van der Waals surface area (Å²) in [5.74, 6) is 0. The van der Waals surface area contributed by atoms with E-state index in [2.05, 4.69) is 4.72 Å². The molecule has 0 heterocycles. The Morgan fingerprint density at radius 1 is 1.40 bits per heavy atom. The Bertz CT molecular complexity index is 415. The highest BCUT2D eigenvalue weighted by Gasteiger charge is 2.17. The Hall–Kier alpha value is -1.31. The normalized spacial score (nSPS) is 11.7. The van der Waals surface area contributed by atoms with Crippen molar-refractivity contribution >= 4 is 21.6 Å². The molecule has 0 radical (unpaired) electrons. The minimum absolute atomic E-state index is 0.0235. The van der Waals surface area contributed by atoms with Crippen molar-refractivity contribution in [3.8, 4) is 0 Å². The van der Waals surface area contributed by atoms with Crippen LogP contribution in [-0.4, -0.2) is 24.6 Å². The van der Waals surface area contributed by atoms with Crippen LogP contribution >= 0.6 is 0 Å². The molecule has 0 bridgehead atoms. The summed E-state index contributed by atoms with van der Waals surface area (Å²) >= 11 is 0. The quantitative estimate of drug-likeness (QED) is 0.523. The van der Waals surface area contributed by atoms with Gasteiger partial charge in [-0.1, -0.05) is 4.47 Å². The monoisotopic (exact) mass is 231 g/mol. The van der Waals surface area contributed by atoms with Gasteiger partial charge in [-0.3, -0.25) is 9.93 Å². The van der Waals surface area contributed by atoms with Crippen molar-refractivity contribution in [1.29, 1.82) is 0 Å². The Balaban J connectivity index is 2.82. The van der Waals surface area contributed by atoms with Gasteiger partial charge in [-0.05, 0) is 31.2 Å². The van der Waals surface area contributed by atoms with Gasteiger partial charge in [-0.15, -0.1) is 0 Å². The van der Waals surface area contributed by atoms with E-state index >= 15 is 0 Å². The van der Waals surface area contributed by atoms with Crippen LogP contribution in [-0.2, 0) is 10.2 Å². The predicted molar refractivity (Wildman–Crippen MR) is 57.6 cm³/mol. The van der Waals surface area contributed by atoms with Gasteiger partial charge in [0.2, 0.25) is 0 Å². The van der Waals surface area contributed by atoms with Crippen LogP contribution in [0.1, 0.15) is 6.92 Å². The van der Waals surface area contributed by atoms with Crippen LogP contribution in [0.5, 0.6) is 0 Å². The third-order valence-corrected chi connectivity index (χ3v) is 3.01. The maximum Gasteiger partial charge on any atom is 0.323 e. The zero-order chi connectivity index (χ0) is 11.5. The molecule has 84 valence electrons. The number of nitrogens with two attached hydrogens (primary N) is 1. The van der Waals surface area contributed by atoms with Crippen LogP contribution in [0.2, 0.25) is 0 Å². The molecule has 7 heteroatoms. The minimum atomic E-state index is -3.88. The summed E-state index contributed by atoms with van der Waals surface area (Å²) < 4.78 is 25.1. The van der Waals surface area contributed by atoms with E-state index in [-0.39, 0.29) is 11.0 Å². The van der Waals surface area contributed by atoms with E-state index in [0.717, 1.165) is 0 Å². The molecule has 0 atom stereocenters. The smallest absolute Gasteiger partial charge is 0.323 e. The van der Waals surface area contributed by atoms with E-state index in [1.807, 2.05) is 0 Å². The molecule has 0 unspecified atom stereocenters. The van der Waals surface area contributed by atoms with Gasteiger partial charge in [0.25, 0.3) is 0 Å². The van der Waals surface area contributed by atoms with Gasteiger partial charge >= 0.3 is 10.2 Å². The fraction of sp³-hybridized carbons (Fsp3) is 0.250. The van der Waals surface area contributed by atoms with E-state index in [9.17, 15) is 8.42 Å². The van der Waals surface area contributed by atoms with Crippen LogP contribution in [0.25, 0.3) is 0 Å². The largest absolute Gasteiger partial charge is 0.399 e. The average Bonchev–Trinajstić information content (AvgIpc) is 2.20. The minimum Gasteiger partial charge on any atom is -0.399 e. The second-order valence-electron chi connectivity index (χ2n) is 2.87. The first-order chi connectivity index (χ1) is 6.95. The molecule has 0 spiro atoms. The molecular weight excluding hydrogens is 218 g/mol. The Labute approximate surface area is 88.5 Å². The van der Waals surface area contributed by atoms with Gasteiger partial charge in [0.05, 0.1) is 0 Å². The molecule has 0 aromatic heterocycles. The van der Waals surface area contributed by atoms with Gasteiger partial charge in [0, 0.05) is 17.9 Å². The van der Waals surface area contributed by atoms with Crippen molar-refractivity contribution < 1.29 is 13.6 Å². The summed E-state index contributed by atoms with van der Waals surface area (Å²) in [6.07, 6.45) is 0. The van der Waals surface area contributed by atoms with E-state index in [1.165, 1.54) is 19.1 Å². The van der Waals surface area contributed by atoms with Gasteiger partial charge in [0.15, 0.2) is 0 Å². The van der Waals surface area contributed by atoms with Crippen molar-refractivity contribution in [3.05, 3.63) is 24.3 Å². The highest BCUT2D eigenvalue weighted by Crippen LogP contribution is 2.12. The molecule has 4 N–H and O–H groups in total. The van der Waals surface area contributed by atoms with Gasteiger partial charge in [-0.2, -0.15) is 8.42 Å². The molecule has 15 heavy (non-hydrogen) atoms. The second kappa shape index (κ2) is 4.47. The number of nitrogens with one attached hydrogen (secondary N) is 1. The molecule has 0 aliphatic rings. The van der Waals surface area contributed by atoms with Crippen molar-refractivity contribution in [1.82, 2.24) is 4.47 Å². The number of nitrogens with zero attached hydrogens (tertiary/aromatic N) is 1. The maximum atomic E-state index is 11.3. The summed E-state index contributed by atoms with van der Waals surface area (Å²) in [6, 6.07) is 6.14. The van der Waals surface area contributed by atoms with Crippen molar-refractivity contribution in [2.45, 2.75) is 6.92 Å².